The molecule has 3 N–H and O–H groups in total. The lowest BCUT2D eigenvalue weighted by atomic mass is 10.0. The predicted molar refractivity (Wildman–Crippen MR) is 145 cm³/mol. The summed E-state index contributed by atoms with van der Waals surface area (Å²) in [5.74, 6) is 1.19. The Morgan fingerprint density at radius 3 is 2.14 bits per heavy atom. The van der Waals surface area contributed by atoms with Crippen molar-refractivity contribution in [3.05, 3.63) is 114 Å². The number of aromatic nitrogens is 1. The second-order valence-corrected chi connectivity index (χ2v) is 8.31. The number of hydrogen-bond acceptors (Lipinski definition) is 5. The zero-order chi connectivity index (χ0) is 24.9. The van der Waals surface area contributed by atoms with Gasteiger partial charge in [0.05, 0.1) is 36.7 Å². The number of rotatable bonds is 8. The molecule has 6 nitrogen and oxygen atoms in total. The molecule has 5 rings (SSSR count). The number of nitrogens with one attached hydrogen (secondary N) is 2. The fourth-order valence-electron chi connectivity index (χ4n) is 4.18. The molecular weight excluding hydrogens is 450 g/mol. The van der Waals surface area contributed by atoms with Gasteiger partial charge in [-0.25, -0.2) is 4.99 Å². The van der Waals surface area contributed by atoms with E-state index in [0.717, 1.165) is 33.4 Å². The molecule has 0 atom stereocenters. The summed E-state index contributed by atoms with van der Waals surface area (Å²) >= 11 is 0. The summed E-state index contributed by atoms with van der Waals surface area (Å²) in [6.07, 6.45) is 0. The van der Waals surface area contributed by atoms with E-state index in [-0.39, 0.29) is 5.88 Å². The molecule has 36 heavy (non-hydrogen) atoms. The highest BCUT2D eigenvalue weighted by Gasteiger charge is 2.21. The average Bonchev–Trinajstić information content (AvgIpc) is 3.25. The summed E-state index contributed by atoms with van der Waals surface area (Å²) in [5.41, 5.74) is 5.88. The van der Waals surface area contributed by atoms with E-state index in [9.17, 15) is 5.11 Å². The molecule has 1 heterocycles. The van der Waals surface area contributed by atoms with Crippen LogP contribution < -0.4 is 14.8 Å². The Morgan fingerprint density at radius 2 is 1.47 bits per heavy atom. The van der Waals surface area contributed by atoms with Crippen molar-refractivity contribution >= 4 is 28.0 Å². The first-order chi connectivity index (χ1) is 17.7. The number of aromatic hydroxyl groups is 1. The number of aliphatic imine (C=N–C) groups is 1. The molecule has 1 aromatic heterocycles. The molecular formula is C30H27N3O3. The lowest BCUT2D eigenvalue weighted by molar-refractivity contribution is 0.356. The number of benzene rings is 4. The molecule has 0 saturated heterocycles. The Kier molecular flexibility index (Phi) is 6.58. The third-order valence-corrected chi connectivity index (χ3v) is 6.01. The minimum Gasteiger partial charge on any atom is -0.494 e. The summed E-state index contributed by atoms with van der Waals surface area (Å²) in [7, 11) is 3.18. The van der Waals surface area contributed by atoms with Crippen molar-refractivity contribution in [3.63, 3.8) is 0 Å². The van der Waals surface area contributed by atoms with E-state index in [1.807, 2.05) is 84.9 Å². The van der Waals surface area contributed by atoms with Gasteiger partial charge in [-0.05, 0) is 35.9 Å². The molecule has 0 aliphatic rings. The van der Waals surface area contributed by atoms with Crippen molar-refractivity contribution in [3.8, 4) is 17.4 Å². The summed E-state index contributed by atoms with van der Waals surface area (Å²) in [6.45, 7) is 0.713. The van der Waals surface area contributed by atoms with Crippen molar-refractivity contribution in [1.29, 1.82) is 0 Å². The molecule has 0 radical (unpaired) electrons. The molecule has 0 amide bonds. The van der Waals surface area contributed by atoms with Crippen molar-refractivity contribution in [1.82, 2.24) is 4.98 Å². The van der Waals surface area contributed by atoms with E-state index in [0.29, 0.717) is 29.3 Å². The van der Waals surface area contributed by atoms with Crippen LogP contribution in [-0.2, 0) is 6.54 Å². The number of nitrogens with zero attached hydrogens (tertiary/aromatic N) is 1. The van der Waals surface area contributed by atoms with E-state index < -0.39 is 0 Å². The smallest absolute Gasteiger partial charge is 0.199 e. The monoisotopic (exact) mass is 477 g/mol. The molecule has 0 spiro atoms. The second kappa shape index (κ2) is 10.3. The van der Waals surface area contributed by atoms with Crippen LogP contribution >= 0.6 is 0 Å². The van der Waals surface area contributed by atoms with Crippen LogP contribution in [0.2, 0.25) is 0 Å². The molecule has 0 aliphatic carbocycles. The minimum absolute atomic E-state index is 0.0339. The van der Waals surface area contributed by atoms with Crippen molar-refractivity contribution in [2.75, 3.05) is 19.5 Å². The fraction of sp³-hybridized carbons (Fsp3) is 0.100. The van der Waals surface area contributed by atoms with Crippen LogP contribution in [-0.4, -0.2) is 30.0 Å². The number of ether oxygens (including phenoxy) is 2. The third-order valence-electron chi connectivity index (χ3n) is 6.01. The first-order valence-corrected chi connectivity index (χ1v) is 11.7. The van der Waals surface area contributed by atoms with E-state index in [2.05, 4.69) is 22.4 Å². The van der Waals surface area contributed by atoms with Crippen molar-refractivity contribution < 1.29 is 14.6 Å². The molecule has 0 unspecified atom stereocenters. The van der Waals surface area contributed by atoms with Crippen LogP contribution in [0, 0.1) is 0 Å². The molecule has 0 bridgehead atoms. The average molecular weight is 478 g/mol. The van der Waals surface area contributed by atoms with Crippen LogP contribution in [0.3, 0.4) is 0 Å². The first-order valence-electron chi connectivity index (χ1n) is 11.7. The minimum atomic E-state index is 0.0339. The van der Waals surface area contributed by atoms with Gasteiger partial charge in [-0.1, -0.05) is 60.7 Å². The highest BCUT2D eigenvalue weighted by Crippen LogP contribution is 2.38. The largest absolute Gasteiger partial charge is 0.494 e. The zero-order valence-electron chi connectivity index (χ0n) is 20.2. The van der Waals surface area contributed by atoms with Gasteiger partial charge in [-0.3, -0.25) is 0 Å². The predicted octanol–water partition coefficient (Wildman–Crippen LogP) is 6.67. The van der Waals surface area contributed by atoms with Crippen LogP contribution in [0.15, 0.2) is 102 Å². The maximum absolute atomic E-state index is 11.0. The highest BCUT2D eigenvalue weighted by molar-refractivity contribution is 6.22. The Labute approximate surface area is 209 Å². The van der Waals surface area contributed by atoms with E-state index >= 15 is 0 Å². The van der Waals surface area contributed by atoms with Gasteiger partial charge < -0.3 is 24.9 Å². The number of H-pyrrole nitrogens is 1. The molecule has 0 fully saturated rings. The topological polar surface area (TPSA) is 78.9 Å². The SMILES string of the molecule is COc1cc2[nH]c(O)c(C(=Nc3ccc(CNc4ccccc4)cc3)c3ccccc3)c2cc1OC. The number of para-hydroxylation sites is 1. The summed E-state index contributed by atoms with van der Waals surface area (Å²) in [4.78, 5) is 8.05. The van der Waals surface area contributed by atoms with Crippen LogP contribution in [0.5, 0.6) is 17.4 Å². The van der Waals surface area contributed by atoms with Gasteiger partial charge >= 0.3 is 0 Å². The summed E-state index contributed by atoms with van der Waals surface area (Å²) in [5, 5.41) is 15.2. The van der Waals surface area contributed by atoms with E-state index in [1.165, 1.54) is 0 Å². The molecule has 0 aliphatic heterocycles. The standard InChI is InChI=1S/C30H27N3O3/c1-35-26-17-24-25(18-27(26)36-2)33-30(34)28(24)29(21-9-5-3-6-10-21)32-23-15-13-20(14-16-23)19-31-22-11-7-4-8-12-22/h3-18,31,33-34H,19H2,1-2H3. The van der Waals surface area contributed by atoms with Gasteiger partial charge in [-0.15, -0.1) is 0 Å². The quantitative estimate of drug-likeness (QED) is 0.218. The van der Waals surface area contributed by atoms with Crippen molar-refractivity contribution in [2.45, 2.75) is 6.54 Å². The number of methoxy groups -OCH3 is 2. The lowest BCUT2D eigenvalue weighted by Crippen LogP contribution is -2.03. The molecule has 5 aromatic rings. The van der Waals surface area contributed by atoms with Crippen LogP contribution in [0.25, 0.3) is 10.9 Å². The van der Waals surface area contributed by atoms with Crippen LogP contribution in [0.4, 0.5) is 11.4 Å². The molecule has 180 valence electrons. The third kappa shape index (κ3) is 4.74. The lowest BCUT2D eigenvalue weighted by Gasteiger charge is -2.10. The zero-order valence-corrected chi connectivity index (χ0v) is 20.2. The summed E-state index contributed by atoms with van der Waals surface area (Å²) < 4.78 is 10.9. The maximum atomic E-state index is 11.0. The fourth-order valence-corrected chi connectivity index (χ4v) is 4.18. The van der Waals surface area contributed by atoms with Gasteiger partial charge in [0.2, 0.25) is 0 Å². The van der Waals surface area contributed by atoms with E-state index in [4.69, 9.17) is 14.5 Å². The van der Waals surface area contributed by atoms with Gasteiger partial charge in [0.25, 0.3) is 0 Å². The van der Waals surface area contributed by atoms with Gasteiger partial charge in [0.1, 0.15) is 0 Å². The molecule has 6 heteroatoms. The Balaban J connectivity index is 1.54. The van der Waals surface area contributed by atoms with E-state index in [1.54, 1.807) is 14.2 Å². The number of aromatic amines is 1. The summed E-state index contributed by atoms with van der Waals surface area (Å²) in [6, 6.07) is 31.7. The van der Waals surface area contributed by atoms with Crippen LogP contribution in [0.1, 0.15) is 16.7 Å². The normalized spacial score (nSPS) is 11.4. The van der Waals surface area contributed by atoms with Gasteiger partial charge in [0, 0.05) is 29.2 Å². The van der Waals surface area contributed by atoms with Gasteiger partial charge in [-0.2, -0.15) is 0 Å². The number of anilines is 1. The number of fused-ring (bicyclic) bond motifs is 1. The molecule has 0 saturated carbocycles. The van der Waals surface area contributed by atoms with Gasteiger partial charge in [0.15, 0.2) is 17.4 Å². The second-order valence-electron chi connectivity index (χ2n) is 8.31. The number of hydrogen-bond donors (Lipinski definition) is 3. The van der Waals surface area contributed by atoms with Crippen molar-refractivity contribution in [2.24, 2.45) is 4.99 Å². The Bertz CT molecular complexity index is 1490. The first kappa shape index (κ1) is 23.1. The molecule has 4 aromatic carbocycles. The maximum Gasteiger partial charge on any atom is 0.199 e. The Hall–Kier alpha value is -4.71. The highest BCUT2D eigenvalue weighted by atomic mass is 16.5. The Morgan fingerprint density at radius 1 is 0.833 bits per heavy atom.